The SMILES string of the molecule is CC(C)S(CCCCCCCCCCCCCOCCCOP(=O)(O)CO[C@H](C)Cn1cnc2c(N)ncnc21)(C(C)C)C(C)C. The zero-order valence-corrected chi connectivity index (χ0v) is 31.7. The highest BCUT2D eigenvalue weighted by Crippen LogP contribution is 2.60. The molecule has 268 valence electrons. The summed E-state index contributed by atoms with van der Waals surface area (Å²) < 4.78 is 30.6. The first-order valence-electron chi connectivity index (χ1n) is 17.7. The number of hydrogen-bond donors (Lipinski definition) is 2. The summed E-state index contributed by atoms with van der Waals surface area (Å²) in [5.41, 5.74) is 6.93. The second-order valence-corrected chi connectivity index (χ2v) is 20.4. The highest BCUT2D eigenvalue weighted by atomic mass is 32.3. The van der Waals surface area contributed by atoms with Crippen molar-refractivity contribution >= 4 is 34.6 Å². The molecule has 0 radical (unpaired) electrons. The predicted octanol–water partition coefficient (Wildman–Crippen LogP) is 8.70. The van der Waals surface area contributed by atoms with Crippen LogP contribution in [0.3, 0.4) is 0 Å². The Bertz CT molecular complexity index is 1130. The first-order chi connectivity index (χ1) is 21.9. The molecule has 0 aliphatic heterocycles. The molecule has 0 aliphatic carbocycles. The molecule has 3 N–H and O–H groups in total. The first kappa shape index (κ1) is 40.9. The maximum Gasteiger partial charge on any atom is 0.353 e. The smallest absolute Gasteiger partial charge is 0.353 e. The zero-order valence-electron chi connectivity index (χ0n) is 30.0. The number of fused-ring (bicyclic) bond motifs is 1. The van der Waals surface area contributed by atoms with Crippen LogP contribution in [0.15, 0.2) is 12.7 Å². The monoisotopic (exact) mass is 687 g/mol. The number of nitrogen functional groups attached to an aromatic ring is 1. The topological polar surface area (TPSA) is 135 Å². The number of imidazole rings is 1. The van der Waals surface area contributed by atoms with Gasteiger partial charge in [0.05, 0.1) is 25.6 Å². The van der Waals surface area contributed by atoms with Crippen molar-refractivity contribution in [3.8, 4) is 0 Å². The van der Waals surface area contributed by atoms with Gasteiger partial charge in [0.15, 0.2) is 11.5 Å². The minimum atomic E-state index is -3.85. The van der Waals surface area contributed by atoms with Crippen LogP contribution in [0.4, 0.5) is 5.82 Å². The second kappa shape index (κ2) is 21.7. The van der Waals surface area contributed by atoms with Gasteiger partial charge in [-0.25, -0.2) is 25.0 Å². The second-order valence-electron chi connectivity index (χ2n) is 13.5. The summed E-state index contributed by atoms with van der Waals surface area (Å²) in [5.74, 6) is 1.77. The molecule has 12 heteroatoms. The third-order valence-electron chi connectivity index (χ3n) is 9.05. The van der Waals surface area contributed by atoms with E-state index in [9.17, 15) is 9.46 Å². The number of ether oxygens (including phenoxy) is 2. The van der Waals surface area contributed by atoms with Crippen molar-refractivity contribution in [1.82, 2.24) is 19.5 Å². The average molecular weight is 688 g/mol. The van der Waals surface area contributed by atoms with E-state index in [2.05, 4.69) is 56.5 Å². The van der Waals surface area contributed by atoms with Gasteiger partial charge < -0.3 is 29.2 Å². The maximum atomic E-state index is 12.3. The third kappa shape index (κ3) is 14.1. The van der Waals surface area contributed by atoms with Gasteiger partial charge in [0.1, 0.15) is 18.2 Å². The van der Waals surface area contributed by atoms with E-state index in [0.29, 0.717) is 36.6 Å². The summed E-state index contributed by atoms with van der Waals surface area (Å²) in [7, 11) is -4.38. The molecule has 0 fully saturated rings. The van der Waals surface area contributed by atoms with Gasteiger partial charge in [0.2, 0.25) is 0 Å². The van der Waals surface area contributed by atoms with E-state index in [4.69, 9.17) is 19.7 Å². The summed E-state index contributed by atoms with van der Waals surface area (Å²) >= 11 is 0. The highest BCUT2D eigenvalue weighted by Gasteiger charge is 2.33. The molecular weight excluding hydrogens is 621 g/mol. The number of unbranched alkanes of at least 4 members (excludes halogenated alkanes) is 10. The molecule has 1 unspecified atom stereocenters. The van der Waals surface area contributed by atoms with E-state index >= 15 is 0 Å². The molecule has 46 heavy (non-hydrogen) atoms. The number of hydrogen-bond acceptors (Lipinski definition) is 8. The van der Waals surface area contributed by atoms with E-state index in [0.717, 1.165) is 28.8 Å². The quantitative estimate of drug-likeness (QED) is 0.0698. The molecule has 2 aromatic rings. The van der Waals surface area contributed by atoms with E-state index in [1.165, 1.54) is 76.3 Å². The van der Waals surface area contributed by atoms with Gasteiger partial charge in [-0.2, -0.15) is 0 Å². The fourth-order valence-electron chi connectivity index (χ4n) is 6.58. The minimum Gasteiger partial charge on any atom is -0.382 e. The van der Waals surface area contributed by atoms with Gasteiger partial charge in [-0.15, -0.1) is 0 Å². The lowest BCUT2D eigenvalue weighted by Crippen LogP contribution is -2.31. The maximum absolute atomic E-state index is 12.3. The normalized spacial score (nSPS) is 14.9. The number of anilines is 1. The Morgan fingerprint density at radius 3 is 1.91 bits per heavy atom. The molecule has 0 saturated heterocycles. The van der Waals surface area contributed by atoms with E-state index in [1.54, 1.807) is 10.9 Å². The van der Waals surface area contributed by atoms with Gasteiger partial charge in [-0.05, 0) is 47.7 Å². The van der Waals surface area contributed by atoms with Crippen LogP contribution in [-0.2, 0) is 25.1 Å². The van der Waals surface area contributed by atoms with Crippen molar-refractivity contribution in [2.24, 2.45) is 0 Å². The van der Waals surface area contributed by atoms with Crippen LogP contribution in [0.1, 0.15) is 126 Å². The number of rotatable bonds is 27. The number of aromatic nitrogens is 4. The van der Waals surface area contributed by atoms with Gasteiger partial charge in [-0.3, -0.25) is 4.57 Å². The average Bonchev–Trinajstić information content (AvgIpc) is 3.40. The summed E-state index contributed by atoms with van der Waals surface area (Å²) in [5, 5.41) is 2.48. The van der Waals surface area contributed by atoms with Crippen LogP contribution >= 0.6 is 17.6 Å². The third-order valence-corrected chi connectivity index (χ3v) is 16.4. The van der Waals surface area contributed by atoms with Crippen molar-refractivity contribution in [1.29, 1.82) is 0 Å². The van der Waals surface area contributed by atoms with Crippen molar-refractivity contribution in [3.63, 3.8) is 0 Å². The van der Waals surface area contributed by atoms with Gasteiger partial charge >= 0.3 is 7.60 Å². The molecule has 0 amide bonds. The molecule has 0 aromatic carbocycles. The fraction of sp³-hybridized carbons (Fsp3) is 0.853. The Morgan fingerprint density at radius 2 is 1.33 bits per heavy atom. The Balaban J connectivity index is 1.39. The van der Waals surface area contributed by atoms with Crippen molar-refractivity contribution in [2.45, 2.75) is 154 Å². The van der Waals surface area contributed by atoms with Crippen LogP contribution in [0.25, 0.3) is 11.2 Å². The summed E-state index contributed by atoms with van der Waals surface area (Å²) in [6.07, 6.45) is 17.3. The largest absolute Gasteiger partial charge is 0.382 e. The van der Waals surface area contributed by atoms with Crippen LogP contribution in [0, 0.1) is 0 Å². The molecule has 10 nitrogen and oxygen atoms in total. The fourth-order valence-corrected chi connectivity index (χ4v) is 12.9. The lowest BCUT2D eigenvalue weighted by molar-refractivity contribution is 0.0688. The molecule has 2 atom stereocenters. The van der Waals surface area contributed by atoms with Crippen molar-refractivity contribution < 1.29 is 23.5 Å². The lowest BCUT2D eigenvalue weighted by atomic mass is 10.1. The summed E-state index contributed by atoms with van der Waals surface area (Å²) in [6, 6.07) is 0. The minimum absolute atomic E-state index is 0.156. The van der Waals surface area contributed by atoms with Crippen LogP contribution in [0.2, 0.25) is 0 Å². The molecule has 0 bridgehead atoms. The Morgan fingerprint density at radius 1 is 0.783 bits per heavy atom. The van der Waals surface area contributed by atoms with E-state index in [-0.39, 0.29) is 19.1 Å². The Kier molecular flexibility index (Phi) is 19.3. The molecular formula is C34H66N5O5PS. The summed E-state index contributed by atoms with van der Waals surface area (Å²) in [6.45, 7) is 18.4. The van der Waals surface area contributed by atoms with Gasteiger partial charge in [0.25, 0.3) is 0 Å². The molecule has 0 spiro atoms. The predicted molar refractivity (Wildman–Crippen MR) is 195 cm³/mol. The van der Waals surface area contributed by atoms with Crippen LogP contribution < -0.4 is 5.73 Å². The molecule has 2 heterocycles. The molecule has 2 aromatic heterocycles. The van der Waals surface area contributed by atoms with Gasteiger partial charge in [-0.1, -0.05) is 99.3 Å². The van der Waals surface area contributed by atoms with Crippen LogP contribution in [-0.4, -0.2) is 78.2 Å². The summed E-state index contributed by atoms with van der Waals surface area (Å²) in [4.78, 5) is 22.5. The molecule has 0 saturated carbocycles. The molecule has 0 aliphatic rings. The van der Waals surface area contributed by atoms with Crippen LogP contribution in [0.5, 0.6) is 0 Å². The first-order valence-corrected chi connectivity index (χ1v) is 21.5. The van der Waals surface area contributed by atoms with Gasteiger partial charge in [0, 0.05) is 13.2 Å². The van der Waals surface area contributed by atoms with E-state index < -0.39 is 17.6 Å². The number of nitrogens with two attached hydrogens (primary N) is 1. The van der Waals surface area contributed by atoms with Crippen molar-refractivity contribution in [3.05, 3.63) is 12.7 Å². The number of nitrogens with zero attached hydrogens (tertiary/aromatic N) is 4. The Labute approximate surface area is 281 Å². The Hall–Kier alpha value is -1.23. The molecule has 2 rings (SSSR count). The lowest BCUT2D eigenvalue weighted by Gasteiger charge is -2.51. The zero-order chi connectivity index (χ0) is 34.0. The van der Waals surface area contributed by atoms with Crippen molar-refractivity contribution in [2.75, 3.05) is 37.7 Å². The van der Waals surface area contributed by atoms with E-state index in [1.807, 2.05) is 6.92 Å². The highest BCUT2D eigenvalue weighted by molar-refractivity contribution is 8.35. The standard InChI is InChI=1S/C34H66N5O5PS/c1-28(2)46(29(3)4,30(5)6)23-18-16-14-12-10-8-9-11-13-15-17-20-42-21-19-22-44-45(40,41)27-43-31(7)24-39-26-38-32-33(35)36-25-37-34(32)39/h25-26,28-31H,8-24,27H2,1-7H3,(H,40,41)(H2,35,36,37)/t31-/m1/s1.